The highest BCUT2D eigenvalue weighted by atomic mass is 16.6. The molecule has 9 heavy (non-hydrogen) atoms. The Balaban J connectivity index is 2.54. The van der Waals surface area contributed by atoms with Gasteiger partial charge in [0, 0.05) is 0 Å². The fraction of sp³-hybridized carbons (Fsp3) is 1.00. The predicted octanol–water partition coefficient (Wildman–Crippen LogP) is -1.55. The third-order valence-electron chi connectivity index (χ3n) is 1.48. The Labute approximate surface area is 52.7 Å². The van der Waals surface area contributed by atoms with Crippen molar-refractivity contribution < 1.29 is 20.1 Å². The van der Waals surface area contributed by atoms with Crippen molar-refractivity contribution in [2.75, 3.05) is 0 Å². The maximum atomic E-state index is 8.90. The lowest BCUT2D eigenvalue weighted by atomic mass is 10.2. The molecule has 4 nitrogen and oxygen atoms in total. The molecule has 0 bridgehead atoms. The van der Waals surface area contributed by atoms with Crippen molar-refractivity contribution in [2.24, 2.45) is 0 Å². The lowest BCUT2D eigenvalue weighted by molar-refractivity contribution is -0.124. The second-order valence-electron chi connectivity index (χ2n) is 2.21. The van der Waals surface area contributed by atoms with Crippen molar-refractivity contribution in [1.82, 2.24) is 0 Å². The summed E-state index contributed by atoms with van der Waals surface area (Å²) < 4.78 is 4.64. The minimum atomic E-state index is -1.23. The second-order valence-corrected chi connectivity index (χ2v) is 2.21. The van der Waals surface area contributed by atoms with Gasteiger partial charge in [0.2, 0.25) is 0 Å². The van der Waals surface area contributed by atoms with Gasteiger partial charge in [0.1, 0.15) is 12.2 Å². The van der Waals surface area contributed by atoms with Crippen LogP contribution in [0.25, 0.3) is 0 Å². The number of aliphatic hydroxyl groups is 3. The molecular formula is C5H10O4. The third-order valence-corrected chi connectivity index (χ3v) is 1.48. The van der Waals surface area contributed by atoms with Gasteiger partial charge in [0.05, 0.1) is 6.10 Å². The topological polar surface area (TPSA) is 69.9 Å². The summed E-state index contributed by atoms with van der Waals surface area (Å²) in [6.45, 7) is 1.59. The van der Waals surface area contributed by atoms with Gasteiger partial charge in [-0.2, -0.15) is 0 Å². The standard InChI is InChI=1S/C5H10O4/c1-2-3(6)4(7)5(8)9-2/h2-8H,1H3/t2-,3+,4-,5-/m0/s1. The van der Waals surface area contributed by atoms with Gasteiger partial charge in [-0.15, -0.1) is 0 Å². The van der Waals surface area contributed by atoms with Gasteiger partial charge in [-0.3, -0.25) is 0 Å². The molecule has 4 atom stereocenters. The monoisotopic (exact) mass is 134 g/mol. The summed E-state index contributed by atoms with van der Waals surface area (Å²) in [6.07, 6.45) is -3.81. The molecule has 1 aliphatic rings. The molecule has 1 rings (SSSR count). The van der Waals surface area contributed by atoms with Crippen LogP contribution in [0.1, 0.15) is 6.92 Å². The molecule has 0 aliphatic carbocycles. The van der Waals surface area contributed by atoms with Crippen LogP contribution in [0, 0.1) is 0 Å². The normalized spacial score (nSPS) is 52.0. The number of hydrogen-bond donors (Lipinski definition) is 3. The highest BCUT2D eigenvalue weighted by Crippen LogP contribution is 2.18. The molecular weight excluding hydrogens is 124 g/mol. The van der Waals surface area contributed by atoms with Crippen LogP contribution < -0.4 is 0 Å². The van der Waals surface area contributed by atoms with Crippen molar-refractivity contribution in [3.63, 3.8) is 0 Å². The molecule has 0 spiro atoms. The molecule has 1 heterocycles. The fourth-order valence-corrected chi connectivity index (χ4v) is 0.827. The van der Waals surface area contributed by atoms with Crippen molar-refractivity contribution in [3.05, 3.63) is 0 Å². The summed E-state index contributed by atoms with van der Waals surface area (Å²) in [5.41, 5.74) is 0. The Kier molecular flexibility index (Phi) is 1.72. The maximum absolute atomic E-state index is 8.90. The van der Waals surface area contributed by atoms with E-state index in [1.54, 1.807) is 6.92 Å². The Morgan fingerprint density at radius 1 is 1.11 bits per heavy atom. The van der Waals surface area contributed by atoms with Crippen LogP contribution in [0.5, 0.6) is 0 Å². The lowest BCUT2D eigenvalue weighted by Gasteiger charge is -2.07. The van der Waals surface area contributed by atoms with E-state index in [1.165, 1.54) is 0 Å². The maximum Gasteiger partial charge on any atom is 0.183 e. The van der Waals surface area contributed by atoms with E-state index in [0.29, 0.717) is 0 Å². The van der Waals surface area contributed by atoms with E-state index in [-0.39, 0.29) is 0 Å². The smallest absolute Gasteiger partial charge is 0.183 e. The summed E-state index contributed by atoms with van der Waals surface area (Å²) in [6, 6.07) is 0. The first-order chi connectivity index (χ1) is 4.13. The molecule has 1 saturated heterocycles. The zero-order valence-electron chi connectivity index (χ0n) is 5.06. The van der Waals surface area contributed by atoms with Gasteiger partial charge in [-0.1, -0.05) is 0 Å². The van der Waals surface area contributed by atoms with Crippen molar-refractivity contribution in [1.29, 1.82) is 0 Å². The first-order valence-electron chi connectivity index (χ1n) is 2.82. The second kappa shape index (κ2) is 2.22. The summed E-state index contributed by atoms with van der Waals surface area (Å²) in [5.74, 6) is 0. The van der Waals surface area contributed by atoms with E-state index in [1.807, 2.05) is 0 Å². The first-order valence-corrected chi connectivity index (χ1v) is 2.82. The number of ether oxygens (including phenoxy) is 1. The van der Waals surface area contributed by atoms with E-state index in [4.69, 9.17) is 15.3 Å². The Bertz CT molecular complexity index is 93.1. The Hall–Kier alpha value is -0.160. The van der Waals surface area contributed by atoms with Gasteiger partial charge >= 0.3 is 0 Å². The average molecular weight is 134 g/mol. The molecule has 4 heteroatoms. The predicted molar refractivity (Wildman–Crippen MR) is 28.6 cm³/mol. The number of rotatable bonds is 0. The molecule has 0 unspecified atom stereocenters. The van der Waals surface area contributed by atoms with Crippen LogP contribution in [0.2, 0.25) is 0 Å². The van der Waals surface area contributed by atoms with Gasteiger partial charge in [0.25, 0.3) is 0 Å². The molecule has 3 N–H and O–H groups in total. The minimum absolute atomic E-state index is 0.477. The van der Waals surface area contributed by atoms with Crippen LogP contribution in [0.15, 0.2) is 0 Å². The highest BCUT2D eigenvalue weighted by Gasteiger charge is 2.38. The van der Waals surface area contributed by atoms with E-state index in [0.717, 1.165) is 0 Å². The molecule has 0 amide bonds. The zero-order chi connectivity index (χ0) is 7.02. The Morgan fingerprint density at radius 2 is 1.67 bits per heavy atom. The largest absolute Gasteiger partial charge is 0.388 e. The van der Waals surface area contributed by atoms with Crippen LogP contribution in [0.4, 0.5) is 0 Å². The average Bonchev–Trinajstić information content (AvgIpc) is 1.98. The van der Waals surface area contributed by atoms with Crippen LogP contribution in [-0.4, -0.2) is 39.9 Å². The molecule has 1 fully saturated rings. The summed E-state index contributed by atoms with van der Waals surface area (Å²) in [5, 5.41) is 26.4. The molecule has 0 aromatic heterocycles. The molecule has 0 saturated carbocycles. The lowest BCUT2D eigenvalue weighted by Crippen LogP contribution is -2.31. The third kappa shape index (κ3) is 1.07. The molecule has 0 aromatic rings. The van der Waals surface area contributed by atoms with E-state index >= 15 is 0 Å². The van der Waals surface area contributed by atoms with Crippen molar-refractivity contribution >= 4 is 0 Å². The first kappa shape index (κ1) is 6.95. The van der Waals surface area contributed by atoms with E-state index in [9.17, 15) is 0 Å². The molecule has 54 valence electrons. The quantitative estimate of drug-likeness (QED) is 0.375. The van der Waals surface area contributed by atoms with E-state index < -0.39 is 24.6 Å². The van der Waals surface area contributed by atoms with Crippen LogP contribution in [0.3, 0.4) is 0 Å². The van der Waals surface area contributed by atoms with Crippen molar-refractivity contribution in [3.8, 4) is 0 Å². The van der Waals surface area contributed by atoms with Crippen LogP contribution in [-0.2, 0) is 4.74 Å². The molecule has 0 radical (unpaired) electrons. The number of aliphatic hydroxyl groups excluding tert-OH is 3. The van der Waals surface area contributed by atoms with Crippen molar-refractivity contribution in [2.45, 2.75) is 31.5 Å². The molecule has 0 aromatic carbocycles. The summed E-state index contributed by atoms with van der Waals surface area (Å²) in [4.78, 5) is 0. The van der Waals surface area contributed by atoms with Gasteiger partial charge in [-0.25, -0.2) is 0 Å². The highest BCUT2D eigenvalue weighted by molar-refractivity contribution is 4.82. The Morgan fingerprint density at radius 3 is 1.78 bits per heavy atom. The number of hydrogen-bond acceptors (Lipinski definition) is 4. The zero-order valence-corrected chi connectivity index (χ0v) is 5.06. The van der Waals surface area contributed by atoms with Crippen LogP contribution >= 0.6 is 0 Å². The molecule has 1 aliphatic heterocycles. The van der Waals surface area contributed by atoms with Gasteiger partial charge < -0.3 is 20.1 Å². The van der Waals surface area contributed by atoms with E-state index in [2.05, 4.69) is 4.74 Å². The van der Waals surface area contributed by atoms with Gasteiger partial charge in [-0.05, 0) is 6.92 Å². The summed E-state index contributed by atoms with van der Waals surface area (Å²) >= 11 is 0. The fourth-order valence-electron chi connectivity index (χ4n) is 0.827. The van der Waals surface area contributed by atoms with Gasteiger partial charge in [0.15, 0.2) is 6.29 Å². The summed E-state index contributed by atoms with van der Waals surface area (Å²) in [7, 11) is 0. The SMILES string of the molecule is C[C@@H]1O[C@H](O)[C@@H](O)[C@@H]1O. The minimum Gasteiger partial charge on any atom is -0.388 e.